The van der Waals surface area contributed by atoms with E-state index in [2.05, 4.69) is 16.0 Å². The van der Waals surface area contributed by atoms with Gasteiger partial charge in [0.25, 0.3) is 5.91 Å². The fourth-order valence-corrected chi connectivity index (χ4v) is 3.24. The molecule has 26 heavy (non-hydrogen) atoms. The predicted molar refractivity (Wildman–Crippen MR) is 98.3 cm³/mol. The van der Waals surface area contributed by atoms with E-state index in [1.165, 1.54) is 0 Å². The Kier molecular flexibility index (Phi) is 4.88. The lowest BCUT2D eigenvalue weighted by Crippen LogP contribution is -2.57. The number of carbonyl (C=O) groups excluding carboxylic acids is 2. The van der Waals surface area contributed by atoms with Gasteiger partial charge in [0.1, 0.15) is 11.7 Å². The van der Waals surface area contributed by atoms with Gasteiger partial charge in [-0.25, -0.2) is 9.97 Å². The highest BCUT2D eigenvalue weighted by Crippen LogP contribution is 2.18. The summed E-state index contributed by atoms with van der Waals surface area (Å²) in [6.07, 6.45) is 0. The number of nitrogens with two attached hydrogens (primary N) is 1. The molecule has 3 rings (SSSR count). The molecule has 2 N–H and O–H groups in total. The number of nitrogen functional groups attached to an aromatic ring is 1. The molecule has 7 heteroatoms. The van der Waals surface area contributed by atoms with Crippen LogP contribution in [0.4, 0.5) is 5.95 Å². The van der Waals surface area contributed by atoms with E-state index in [0.29, 0.717) is 25.3 Å². The van der Waals surface area contributed by atoms with Gasteiger partial charge in [-0.05, 0) is 32.4 Å². The van der Waals surface area contributed by atoms with Crippen LogP contribution < -0.4 is 5.73 Å². The van der Waals surface area contributed by atoms with E-state index < -0.39 is 6.04 Å². The van der Waals surface area contributed by atoms with Crippen molar-refractivity contribution in [3.05, 3.63) is 52.8 Å². The van der Waals surface area contributed by atoms with Crippen LogP contribution in [0.2, 0.25) is 0 Å². The van der Waals surface area contributed by atoms with E-state index >= 15 is 0 Å². The number of aromatic nitrogens is 2. The van der Waals surface area contributed by atoms with Crippen molar-refractivity contribution in [3.63, 3.8) is 0 Å². The first kappa shape index (κ1) is 17.8. The topological polar surface area (TPSA) is 92.4 Å². The van der Waals surface area contributed by atoms with Gasteiger partial charge in [-0.2, -0.15) is 0 Å². The first-order chi connectivity index (χ1) is 12.3. The Bertz CT molecular complexity index is 831. The van der Waals surface area contributed by atoms with Crippen LogP contribution in [0.3, 0.4) is 0 Å². The molecule has 0 radical (unpaired) electrons. The van der Waals surface area contributed by atoms with Crippen molar-refractivity contribution in [1.29, 1.82) is 0 Å². The molecule has 1 saturated heterocycles. The van der Waals surface area contributed by atoms with Crippen molar-refractivity contribution in [1.82, 2.24) is 19.8 Å². The number of aryl methyl sites for hydroxylation is 2. The van der Waals surface area contributed by atoms with E-state index in [-0.39, 0.29) is 23.5 Å². The van der Waals surface area contributed by atoms with Crippen molar-refractivity contribution in [2.75, 3.05) is 18.8 Å². The zero-order valence-corrected chi connectivity index (χ0v) is 15.3. The Morgan fingerprint density at radius 3 is 2.69 bits per heavy atom. The normalized spacial score (nSPS) is 17.5. The minimum atomic E-state index is -0.544. The number of hydrogen-bond donors (Lipinski definition) is 1. The number of benzene rings is 1. The molecule has 136 valence electrons. The monoisotopic (exact) mass is 353 g/mol. The predicted octanol–water partition coefficient (Wildman–Crippen LogP) is 1.55. The number of rotatable bonds is 3. The van der Waals surface area contributed by atoms with Crippen LogP contribution in [-0.4, -0.2) is 50.7 Å². The molecule has 1 aliphatic rings. The van der Waals surface area contributed by atoms with E-state index in [4.69, 9.17) is 5.73 Å². The second kappa shape index (κ2) is 7.11. The molecule has 2 aromatic rings. The maximum absolute atomic E-state index is 12.8. The summed E-state index contributed by atoms with van der Waals surface area (Å²) >= 11 is 0. The van der Waals surface area contributed by atoms with Gasteiger partial charge in [0.15, 0.2) is 0 Å². The van der Waals surface area contributed by atoms with Crippen LogP contribution in [0.5, 0.6) is 0 Å². The van der Waals surface area contributed by atoms with E-state index in [9.17, 15) is 9.59 Å². The summed E-state index contributed by atoms with van der Waals surface area (Å²) in [5.41, 5.74) is 8.74. The van der Waals surface area contributed by atoms with Gasteiger partial charge >= 0.3 is 0 Å². The quantitative estimate of drug-likeness (QED) is 0.904. The Morgan fingerprint density at radius 2 is 2.00 bits per heavy atom. The lowest BCUT2D eigenvalue weighted by Gasteiger charge is -2.39. The summed E-state index contributed by atoms with van der Waals surface area (Å²) in [7, 11) is 0. The number of nitrogens with zero attached hydrogens (tertiary/aromatic N) is 4. The summed E-state index contributed by atoms with van der Waals surface area (Å²) in [6.45, 7) is 7.03. The largest absolute Gasteiger partial charge is 0.368 e. The van der Waals surface area contributed by atoms with Crippen LogP contribution in [0.25, 0.3) is 0 Å². The third-order valence-electron chi connectivity index (χ3n) is 4.55. The molecule has 1 fully saturated rings. The fourth-order valence-electron chi connectivity index (χ4n) is 3.24. The molecule has 2 amide bonds. The van der Waals surface area contributed by atoms with Gasteiger partial charge in [-0.15, -0.1) is 0 Å². The maximum atomic E-state index is 12.8. The Hall–Kier alpha value is -2.96. The van der Waals surface area contributed by atoms with Crippen molar-refractivity contribution >= 4 is 17.8 Å². The summed E-state index contributed by atoms with van der Waals surface area (Å²) < 4.78 is 0. The third kappa shape index (κ3) is 3.66. The smallest absolute Gasteiger partial charge is 0.273 e. The summed E-state index contributed by atoms with van der Waals surface area (Å²) in [6, 6.07) is 9.14. The molecule has 1 unspecified atom stereocenters. The molecular weight excluding hydrogens is 330 g/mol. The Morgan fingerprint density at radius 1 is 1.23 bits per heavy atom. The van der Waals surface area contributed by atoms with Crippen molar-refractivity contribution in [2.45, 2.75) is 33.4 Å². The molecular formula is C19H23N5O2. The van der Waals surface area contributed by atoms with Gasteiger partial charge < -0.3 is 15.5 Å². The van der Waals surface area contributed by atoms with Gasteiger partial charge in [0, 0.05) is 25.3 Å². The van der Waals surface area contributed by atoms with Crippen molar-refractivity contribution < 1.29 is 9.59 Å². The van der Waals surface area contributed by atoms with Crippen LogP contribution in [0.1, 0.15) is 34.2 Å². The van der Waals surface area contributed by atoms with Gasteiger partial charge in [0.2, 0.25) is 11.9 Å². The van der Waals surface area contributed by atoms with E-state index in [1.807, 2.05) is 25.1 Å². The zero-order chi connectivity index (χ0) is 18.8. The van der Waals surface area contributed by atoms with Gasteiger partial charge in [0.05, 0.1) is 0 Å². The first-order valence-corrected chi connectivity index (χ1v) is 8.61. The zero-order valence-electron chi connectivity index (χ0n) is 15.3. The Balaban J connectivity index is 1.74. The molecule has 1 aromatic carbocycles. The molecule has 0 bridgehead atoms. The lowest BCUT2D eigenvalue weighted by atomic mass is 10.1. The maximum Gasteiger partial charge on any atom is 0.273 e. The lowest BCUT2D eigenvalue weighted by molar-refractivity contribution is -0.140. The van der Waals surface area contributed by atoms with Crippen LogP contribution >= 0.6 is 0 Å². The number of anilines is 1. The average Bonchev–Trinajstić information content (AvgIpc) is 2.58. The van der Waals surface area contributed by atoms with Crippen LogP contribution in [0.15, 0.2) is 30.3 Å². The summed E-state index contributed by atoms with van der Waals surface area (Å²) in [5, 5.41) is 0. The average molecular weight is 353 g/mol. The standard InChI is InChI=1S/C19H23N5O2/c1-12-5-4-6-15(9-12)11-23-7-8-24(14(3)17(23)25)18(26)16-10-13(2)21-19(20)22-16/h4-6,9-10,14H,7-8,11H2,1-3H3,(H2,20,21,22). The molecule has 7 nitrogen and oxygen atoms in total. The number of carbonyl (C=O) groups is 2. The first-order valence-electron chi connectivity index (χ1n) is 8.61. The third-order valence-corrected chi connectivity index (χ3v) is 4.55. The Labute approximate surface area is 152 Å². The minimum absolute atomic E-state index is 0.0606. The highest BCUT2D eigenvalue weighted by Gasteiger charge is 2.35. The molecule has 1 aliphatic heterocycles. The minimum Gasteiger partial charge on any atom is -0.368 e. The molecule has 0 aliphatic carbocycles. The second-order valence-electron chi connectivity index (χ2n) is 6.68. The summed E-state index contributed by atoms with van der Waals surface area (Å²) in [5.74, 6) is -0.298. The number of piperazine rings is 1. The molecule has 1 atom stereocenters. The SMILES string of the molecule is Cc1cccc(CN2CCN(C(=O)c3cc(C)nc(N)n3)C(C)C2=O)c1. The summed E-state index contributed by atoms with van der Waals surface area (Å²) in [4.78, 5) is 36.9. The van der Waals surface area contributed by atoms with Crippen molar-refractivity contribution in [2.24, 2.45) is 0 Å². The van der Waals surface area contributed by atoms with Crippen molar-refractivity contribution in [3.8, 4) is 0 Å². The molecule has 0 spiro atoms. The second-order valence-corrected chi connectivity index (χ2v) is 6.68. The number of amides is 2. The van der Waals surface area contributed by atoms with Gasteiger partial charge in [-0.1, -0.05) is 29.8 Å². The molecule has 2 heterocycles. The fraction of sp³-hybridized carbons (Fsp3) is 0.368. The van der Waals surface area contributed by atoms with E-state index in [0.717, 1.165) is 11.1 Å². The van der Waals surface area contributed by atoms with E-state index in [1.54, 1.807) is 29.7 Å². The molecule has 1 aromatic heterocycles. The highest BCUT2D eigenvalue weighted by molar-refractivity contribution is 5.97. The van der Waals surface area contributed by atoms with Crippen LogP contribution in [0, 0.1) is 13.8 Å². The van der Waals surface area contributed by atoms with Crippen LogP contribution in [-0.2, 0) is 11.3 Å². The molecule has 0 saturated carbocycles. The number of hydrogen-bond acceptors (Lipinski definition) is 5. The highest BCUT2D eigenvalue weighted by atomic mass is 16.2. The van der Waals surface area contributed by atoms with Gasteiger partial charge in [-0.3, -0.25) is 9.59 Å².